The fraction of sp³-hybridized carbons (Fsp3) is 0.273. The second-order valence-electron chi connectivity index (χ2n) is 7.49. The minimum atomic E-state index is -1.15. The third kappa shape index (κ3) is 3.72. The molecular weight excluding hydrogens is 380 g/mol. The molecule has 5 nitrogen and oxygen atoms in total. The number of phenols is 1. The zero-order valence-electron chi connectivity index (χ0n) is 16.2. The van der Waals surface area contributed by atoms with Crippen molar-refractivity contribution in [2.75, 3.05) is 0 Å². The molecular formula is C22H21F2NO4. The van der Waals surface area contributed by atoms with Crippen molar-refractivity contribution in [1.82, 2.24) is 4.57 Å². The Bertz CT molecular complexity index is 1120. The summed E-state index contributed by atoms with van der Waals surface area (Å²) in [4.78, 5) is 25.1. The fourth-order valence-electron chi connectivity index (χ4n) is 3.70. The monoisotopic (exact) mass is 401 g/mol. The summed E-state index contributed by atoms with van der Waals surface area (Å²) >= 11 is 0. The van der Waals surface area contributed by atoms with E-state index in [1.165, 1.54) is 28.8 Å². The Balaban J connectivity index is 2.28. The van der Waals surface area contributed by atoms with Gasteiger partial charge in [0.1, 0.15) is 5.75 Å². The summed E-state index contributed by atoms with van der Waals surface area (Å²) in [6.07, 6.45) is 0.338. The van der Waals surface area contributed by atoms with E-state index < -0.39 is 29.4 Å². The summed E-state index contributed by atoms with van der Waals surface area (Å²) in [5, 5.41) is 20.2. The molecule has 0 fully saturated rings. The predicted molar refractivity (Wildman–Crippen MR) is 104 cm³/mol. The van der Waals surface area contributed by atoms with E-state index >= 15 is 0 Å². The van der Waals surface area contributed by atoms with Crippen LogP contribution in [0.25, 0.3) is 10.9 Å². The molecule has 1 aromatic heterocycles. The van der Waals surface area contributed by atoms with Crippen LogP contribution in [-0.2, 0) is 4.79 Å². The summed E-state index contributed by atoms with van der Waals surface area (Å²) in [6.45, 7) is 5.41. The van der Waals surface area contributed by atoms with E-state index in [2.05, 4.69) is 0 Å². The molecule has 152 valence electrons. The Morgan fingerprint density at radius 1 is 1.07 bits per heavy atom. The van der Waals surface area contributed by atoms with Crippen LogP contribution in [0.3, 0.4) is 0 Å². The summed E-state index contributed by atoms with van der Waals surface area (Å²) in [5.74, 6) is -4.74. The zero-order valence-corrected chi connectivity index (χ0v) is 16.2. The zero-order chi connectivity index (χ0) is 21.5. The molecule has 0 spiro atoms. The molecule has 0 aliphatic rings. The number of nitrogens with zero attached hydrogens (tertiary/aromatic N) is 1. The number of carbonyl (C=O) groups is 2. The number of fused-ring (bicyclic) bond motifs is 1. The van der Waals surface area contributed by atoms with Crippen LogP contribution >= 0.6 is 0 Å². The van der Waals surface area contributed by atoms with E-state index in [0.717, 1.165) is 12.1 Å². The largest absolute Gasteiger partial charge is 0.508 e. The van der Waals surface area contributed by atoms with Gasteiger partial charge in [0, 0.05) is 16.6 Å². The van der Waals surface area contributed by atoms with E-state index in [1.54, 1.807) is 6.92 Å². The van der Waals surface area contributed by atoms with Crippen molar-refractivity contribution >= 4 is 22.8 Å². The number of aromatic hydroxyl groups is 1. The van der Waals surface area contributed by atoms with Crippen molar-refractivity contribution in [1.29, 1.82) is 0 Å². The third-order valence-electron chi connectivity index (χ3n) is 4.96. The summed E-state index contributed by atoms with van der Waals surface area (Å²) in [5.41, 5.74) is 1.13. The standard InChI is InChI=1S/C22H21F2NO4/c1-11(2)8-16(22(28)29)20-12(3)25(19-7-5-14(26)10-15(19)20)21(27)13-4-6-17(23)18(24)9-13/h4-7,9-11,16,26H,8H2,1-3H3,(H,28,29)/t16-/m0/s1. The van der Waals surface area contributed by atoms with E-state index in [9.17, 15) is 28.6 Å². The van der Waals surface area contributed by atoms with Gasteiger partial charge < -0.3 is 10.2 Å². The number of carboxylic acids is 1. The number of carboxylic acid groups (broad SMARTS) is 1. The molecule has 29 heavy (non-hydrogen) atoms. The molecule has 3 rings (SSSR count). The quantitative estimate of drug-likeness (QED) is 0.641. The van der Waals surface area contributed by atoms with Gasteiger partial charge in [-0.15, -0.1) is 0 Å². The molecule has 0 unspecified atom stereocenters. The predicted octanol–water partition coefficient (Wildman–Crippen LogP) is 4.84. The lowest BCUT2D eigenvalue weighted by atomic mass is 9.88. The molecule has 0 bridgehead atoms. The van der Waals surface area contributed by atoms with Gasteiger partial charge in [0.15, 0.2) is 11.6 Å². The number of hydrogen-bond donors (Lipinski definition) is 2. The van der Waals surface area contributed by atoms with Crippen molar-refractivity contribution in [2.45, 2.75) is 33.1 Å². The van der Waals surface area contributed by atoms with Gasteiger partial charge in [-0.25, -0.2) is 8.78 Å². The maximum Gasteiger partial charge on any atom is 0.311 e. The molecule has 1 atom stereocenters. The van der Waals surface area contributed by atoms with Gasteiger partial charge in [-0.2, -0.15) is 0 Å². The number of phenolic OH excluding ortho intramolecular Hbond substituents is 1. The van der Waals surface area contributed by atoms with E-state index in [-0.39, 0.29) is 17.2 Å². The molecule has 7 heteroatoms. The van der Waals surface area contributed by atoms with E-state index in [1.807, 2.05) is 13.8 Å². The Hall–Kier alpha value is -3.22. The van der Waals surface area contributed by atoms with Crippen LogP contribution < -0.4 is 0 Å². The molecule has 3 aromatic rings. The second kappa shape index (κ2) is 7.66. The molecule has 0 saturated carbocycles. The first-order valence-electron chi connectivity index (χ1n) is 9.18. The Morgan fingerprint density at radius 2 is 1.76 bits per heavy atom. The maximum atomic E-state index is 13.7. The average molecular weight is 401 g/mol. The highest BCUT2D eigenvalue weighted by Gasteiger charge is 2.30. The van der Waals surface area contributed by atoms with Crippen LogP contribution in [0, 0.1) is 24.5 Å². The minimum Gasteiger partial charge on any atom is -0.508 e. The number of hydrogen-bond acceptors (Lipinski definition) is 3. The van der Waals surface area contributed by atoms with Gasteiger partial charge in [0.2, 0.25) is 0 Å². The SMILES string of the molecule is Cc1c([C@H](CC(C)C)C(=O)O)c2cc(O)ccc2n1C(=O)c1ccc(F)c(F)c1. The lowest BCUT2D eigenvalue weighted by molar-refractivity contribution is -0.139. The second-order valence-corrected chi connectivity index (χ2v) is 7.49. The number of carbonyl (C=O) groups excluding carboxylic acids is 1. The molecule has 0 aliphatic heterocycles. The first-order chi connectivity index (χ1) is 13.6. The van der Waals surface area contributed by atoms with Gasteiger partial charge in [-0.3, -0.25) is 14.2 Å². The van der Waals surface area contributed by atoms with Crippen LogP contribution in [0.15, 0.2) is 36.4 Å². The van der Waals surface area contributed by atoms with Gasteiger partial charge in [0.05, 0.1) is 11.4 Å². The van der Waals surface area contributed by atoms with Gasteiger partial charge >= 0.3 is 5.97 Å². The normalized spacial score (nSPS) is 12.5. The first-order valence-corrected chi connectivity index (χ1v) is 9.18. The smallest absolute Gasteiger partial charge is 0.311 e. The molecule has 0 saturated heterocycles. The van der Waals surface area contributed by atoms with E-state index in [0.29, 0.717) is 28.6 Å². The van der Waals surface area contributed by atoms with Crippen LogP contribution in [0.4, 0.5) is 8.78 Å². The highest BCUT2D eigenvalue weighted by Crippen LogP contribution is 2.37. The molecule has 2 N–H and O–H groups in total. The van der Waals surface area contributed by atoms with Crippen molar-refractivity contribution in [3.05, 3.63) is 64.9 Å². The average Bonchev–Trinajstić information content (AvgIpc) is 2.92. The van der Waals surface area contributed by atoms with Gasteiger partial charge in [-0.05, 0) is 61.2 Å². The number of benzene rings is 2. The van der Waals surface area contributed by atoms with E-state index in [4.69, 9.17) is 0 Å². The lowest BCUT2D eigenvalue weighted by Crippen LogP contribution is -2.17. The van der Waals surface area contributed by atoms with Crippen molar-refractivity contribution < 1.29 is 28.6 Å². The molecule has 2 aromatic carbocycles. The number of aliphatic carboxylic acids is 1. The third-order valence-corrected chi connectivity index (χ3v) is 4.96. The lowest BCUT2D eigenvalue weighted by Gasteiger charge is -2.16. The Kier molecular flexibility index (Phi) is 5.42. The minimum absolute atomic E-state index is 0.0649. The van der Waals surface area contributed by atoms with Crippen molar-refractivity contribution in [2.24, 2.45) is 5.92 Å². The van der Waals surface area contributed by atoms with Crippen molar-refractivity contribution in [3.63, 3.8) is 0 Å². The highest BCUT2D eigenvalue weighted by molar-refractivity contribution is 6.05. The number of aromatic nitrogens is 1. The van der Waals surface area contributed by atoms with Crippen LogP contribution in [0.1, 0.15) is 47.8 Å². The van der Waals surface area contributed by atoms with Crippen molar-refractivity contribution in [3.8, 4) is 5.75 Å². The van der Waals surface area contributed by atoms with Crippen LogP contribution in [-0.4, -0.2) is 26.7 Å². The van der Waals surface area contributed by atoms with Crippen LogP contribution in [0.5, 0.6) is 5.75 Å². The van der Waals surface area contributed by atoms with Gasteiger partial charge in [0.25, 0.3) is 5.91 Å². The Labute approximate surface area is 166 Å². The molecule has 1 heterocycles. The first kappa shape index (κ1) is 20.5. The Morgan fingerprint density at radius 3 is 2.34 bits per heavy atom. The van der Waals surface area contributed by atoms with Crippen LogP contribution in [0.2, 0.25) is 0 Å². The number of halogens is 2. The maximum absolute atomic E-state index is 13.7. The molecule has 0 amide bonds. The highest BCUT2D eigenvalue weighted by atomic mass is 19.2. The summed E-state index contributed by atoms with van der Waals surface area (Å²) in [7, 11) is 0. The van der Waals surface area contributed by atoms with Gasteiger partial charge in [-0.1, -0.05) is 13.8 Å². The molecule has 0 radical (unpaired) electrons. The topological polar surface area (TPSA) is 79.5 Å². The molecule has 0 aliphatic carbocycles. The summed E-state index contributed by atoms with van der Waals surface area (Å²) < 4.78 is 28.2. The number of rotatable bonds is 5. The summed E-state index contributed by atoms with van der Waals surface area (Å²) in [6, 6.07) is 7.17. The fourth-order valence-corrected chi connectivity index (χ4v) is 3.70.